The molecule has 2 aromatic rings. The highest BCUT2D eigenvalue weighted by Crippen LogP contribution is 2.32. The number of hydrogen-bond donors (Lipinski definition) is 1. The van der Waals surface area contributed by atoms with Crippen LogP contribution >= 0.6 is 0 Å². The van der Waals surface area contributed by atoms with Crippen molar-refractivity contribution in [2.24, 2.45) is 0 Å². The minimum absolute atomic E-state index is 0.264. The van der Waals surface area contributed by atoms with E-state index in [1.165, 1.54) is 24.0 Å². The van der Waals surface area contributed by atoms with Crippen LogP contribution in [0.1, 0.15) is 42.2 Å². The maximum absolute atomic E-state index is 6.09. The highest BCUT2D eigenvalue weighted by Gasteiger charge is 2.19. The molecule has 0 aliphatic heterocycles. The third kappa shape index (κ3) is 3.83. The third-order valence-corrected chi connectivity index (χ3v) is 4.03. The van der Waals surface area contributed by atoms with Crippen LogP contribution in [0.15, 0.2) is 36.5 Å². The Morgan fingerprint density at radius 3 is 3.09 bits per heavy atom. The second-order valence-electron chi connectivity index (χ2n) is 5.75. The Labute approximate surface area is 132 Å². The zero-order chi connectivity index (χ0) is 15.2. The van der Waals surface area contributed by atoms with Gasteiger partial charge >= 0.3 is 0 Å². The van der Waals surface area contributed by atoms with Gasteiger partial charge in [0, 0.05) is 25.0 Å². The number of anilines is 1. The molecule has 3 rings (SSSR count). The van der Waals surface area contributed by atoms with Crippen molar-refractivity contribution in [1.29, 1.82) is 0 Å². The molecule has 0 radical (unpaired) electrons. The fourth-order valence-electron chi connectivity index (χ4n) is 2.91. The average Bonchev–Trinajstić information content (AvgIpc) is 2.55. The minimum Gasteiger partial charge on any atom is -0.373 e. The van der Waals surface area contributed by atoms with Crippen molar-refractivity contribution in [2.75, 3.05) is 18.5 Å². The first kappa shape index (κ1) is 15.0. The van der Waals surface area contributed by atoms with Crippen LogP contribution < -0.4 is 5.32 Å². The van der Waals surface area contributed by atoms with Gasteiger partial charge in [0.2, 0.25) is 5.95 Å². The zero-order valence-corrected chi connectivity index (χ0v) is 13.1. The summed E-state index contributed by atoms with van der Waals surface area (Å²) in [5, 5.41) is 3.24. The van der Waals surface area contributed by atoms with E-state index >= 15 is 0 Å². The van der Waals surface area contributed by atoms with Gasteiger partial charge in [0.25, 0.3) is 0 Å². The molecular weight excluding hydrogens is 274 g/mol. The normalized spacial score (nSPS) is 17.0. The van der Waals surface area contributed by atoms with E-state index in [-0.39, 0.29) is 6.10 Å². The van der Waals surface area contributed by atoms with Crippen molar-refractivity contribution >= 4 is 5.95 Å². The van der Waals surface area contributed by atoms with Crippen LogP contribution in [-0.2, 0) is 11.2 Å². The standard InChI is InChI=1S/C18H23N3O/c1-14-10-12-20-18(21-14)19-11-5-13-22-17-9-4-7-15-6-2-3-8-16(15)17/h2-3,6,8,10,12,17H,4-5,7,9,11,13H2,1H3,(H,19,20,21). The van der Waals surface area contributed by atoms with Gasteiger partial charge in [0.1, 0.15) is 0 Å². The first-order valence-corrected chi connectivity index (χ1v) is 8.06. The van der Waals surface area contributed by atoms with Crippen molar-refractivity contribution in [2.45, 2.75) is 38.7 Å². The molecule has 116 valence electrons. The Bertz CT molecular complexity index is 615. The first-order chi connectivity index (χ1) is 10.8. The van der Waals surface area contributed by atoms with E-state index in [0.29, 0.717) is 5.95 Å². The summed E-state index contributed by atoms with van der Waals surface area (Å²) in [4.78, 5) is 8.52. The molecule has 1 unspecified atom stereocenters. The van der Waals surface area contributed by atoms with Crippen LogP contribution in [-0.4, -0.2) is 23.1 Å². The van der Waals surface area contributed by atoms with Crippen LogP contribution in [0.3, 0.4) is 0 Å². The van der Waals surface area contributed by atoms with Crippen molar-refractivity contribution in [3.8, 4) is 0 Å². The van der Waals surface area contributed by atoms with Crippen LogP contribution in [0.25, 0.3) is 0 Å². The summed E-state index contributed by atoms with van der Waals surface area (Å²) in [6, 6.07) is 10.6. The number of ether oxygens (including phenoxy) is 1. The molecule has 0 fully saturated rings. The summed E-state index contributed by atoms with van der Waals surface area (Å²) in [5.41, 5.74) is 3.81. The van der Waals surface area contributed by atoms with Gasteiger partial charge in [-0.1, -0.05) is 24.3 Å². The lowest BCUT2D eigenvalue weighted by atomic mass is 9.89. The Hall–Kier alpha value is -1.94. The quantitative estimate of drug-likeness (QED) is 0.826. The van der Waals surface area contributed by atoms with E-state index in [1.54, 1.807) is 6.20 Å². The van der Waals surface area contributed by atoms with Crippen LogP contribution in [0.4, 0.5) is 5.95 Å². The van der Waals surface area contributed by atoms with Gasteiger partial charge in [-0.05, 0) is 49.8 Å². The van der Waals surface area contributed by atoms with Crippen molar-refractivity contribution in [3.05, 3.63) is 53.3 Å². The second kappa shape index (κ2) is 7.36. The number of rotatable bonds is 6. The largest absolute Gasteiger partial charge is 0.373 e. The van der Waals surface area contributed by atoms with Gasteiger partial charge < -0.3 is 10.1 Å². The van der Waals surface area contributed by atoms with E-state index in [4.69, 9.17) is 4.74 Å². The number of nitrogens with one attached hydrogen (secondary N) is 1. The molecule has 1 aliphatic carbocycles. The zero-order valence-electron chi connectivity index (χ0n) is 13.1. The molecule has 1 atom stereocenters. The first-order valence-electron chi connectivity index (χ1n) is 8.06. The molecule has 1 heterocycles. The Balaban J connectivity index is 1.42. The maximum Gasteiger partial charge on any atom is 0.222 e. The molecule has 0 bridgehead atoms. The Morgan fingerprint density at radius 1 is 1.27 bits per heavy atom. The molecule has 0 amide bonds. The van der Waals surface area contributed by atoms with Crippen LogP contribution in [0, 0.1) is 6.92 Å². The molecule has 0 spiro atoms. The summed E-state index contributed by atoms with van der Waals surface area (Å²) in [5.74, 6) is 0.697. The summed E-state index contributed by atoms with van der Waals surface area (Å²) < 4.78 is 6.09. The van der Waals surface area contributed by atoms with Gasteiger partial charge in [0.05, 0.1) is 6.10 Å². The molecule has 4 heteroatoms. The monoisotopic (exact) mass is 297 g/mol. The Kier molecular flexibility index (Phi) is 5.01. The summed E-state index contributed by atoms with van der Waals surface area (Å²) >= 11 is 0. The fourth-order valence-corrected chi connectivity index (χ4v) is 2.91. The topological polar surface area (TPSA) is 47.0 Å². The molecule has 1 aromatic carbocycles. The van der Waals surface area contributed by atoms with Crippen LogP contribution in [0.5, 0.6) is 0 Å². The van der Waals surface area contributed by atoms with Gasteiger partial charge in [0.15, 0.2) is 0 Å². The van der Waals surface area contributed by atoms with Crippen LogP contribution in [0.2, 0.25) is 0 Å². The molecular formula is C18H23N3O. The van der Waals surface area contributed by atoms with E-state index < -0.39 is 0 Å². The molecule has 0 saturated carbocycles. The molecule has 1 aromatic heterocycles. The summed E-state index contributed by atoms with van der Waals surface area (Å²) in [6.07, 6.45) is 6.53. The lowest BCUT2D eigenvalue weighted by Gasteiger charge is -2.25. The number of fused-ring (bicyclic) bond motifs is 1. The number of nitrogens with zero attached hydrogens (tertiary/aromatic N) is 2. The lowest BCUT2D eigenvalue weighted by molar-refractivity contribution is 0.0406. The van der Waals surface area contributed by atoms with Gasteiger partial charge in [-0.2, -0.15) is 0 Å². The van der Waals surface area contributed by atoms with Gasteiger partial charge in [-0.15, -0.1) is 0 Å². The highest BCUT2D eigenvalue weighted by atomic mass is 16.5. The SMILES string of the molecule is Cc1ccnc(NCCCOC2CCCc3ccccc32)n1. The minimum atomic E-state index is 0.264. The van der Waals surface area contributed by atoms with E-state index in [1.807, 2.05) is 13.0 Å². The second-order valence-corrected chi connectivity index (χ2v) is 5.75. The number of hydrogen-bond acceptors (Lipinski definition) is 4. The van der Waals surface area contributed by atoms with E-state index in [0.717, 1.165) is 31.7 Å². The predicted octanol–water partition coefficient (Wildman–Crippen LogP) is 3.68. The maximum atomic E-state index is 6.09. The average molecular weight is 297 g/mol. The summed E-state index contributed by atoms with van der Waals surface area (Å²) in [6.45, 7) is 3.56. The lowest BCUT2D eigenvalue weighted by Crippen LogP contribution is -2.15. The van der Waals surface area contributed by atoms with Gasteiger partial charge in [-0.25, -0.2) is 9.97 Å². The number of aromatic nitrogens is 2. The predicted molar refractivity (Wildman–Crippen MR) is 87.9 cm³/mol. The van der Waals surface area contributed by atoms with E-state index in [9.17, 15) is 0 Å². The van der Waals surface area contributed by atoms with Crippen molar-refractivity contribution in [1.82, 2.24) is 9.97 Å². The molecule has 1 N–H and O–H groups in total. The van der Waals surface area contributed by atoms with Crippen molar-refractivity contribution in [3.63, 3.8) is 0 Å². The highest BCUT2D eigenvalue weighted by molar-refractivity contribution is 5.31. The van der Waals surface area contributed by atoms with Gasteiger partial charge in [-0.3, -0.25) is 0 Å². The fraction of sp³-hybridized carbons (Fsp3) is 0.444. The molecule has 4 nitrogen and oxygen atoms in total. The number of aryl methyl sites for hydroxylation is 2. The number of benzene rings is 1. The van der Waals surface area contributed by atoms with E-state index in [2.05, 4.69) is 39.6 Å². The molecule has 1 aliphatic rings. The Morgan fingerprint density at radius 2 is 2.18 bits per heavy atom. The summed E-state index contributed by atoms with van der Waals surface area (Å²) in [7, 11) is 0. The third-order valence-electron chi connectivity index (χ3n) is 4.03. The van der Waals surface area contributed by atoms with Crippen molar-refractivity contribution < 1.29 is 4.74 Å². The smallest absolute Gasteiger partial charge is 0.222 e. The molecule has 22 heavy (non-hydrogen) atoms. The molecule has 0 saturated heterocycles.